The maximum Gasteiger partial charge on any atom is 0.237 e. The van der Waals surface area contributed by atoms with Gasteiger partial charge in [0.1, 0.15) is 0 Å². The van der Waals surface area contributed by atoms with E-state index < -0.39 is 5.41 Å². The lowest BCUT2D eigenvalue weighted by molar-refractivity contribution is -0.124. The average Bonchev–Trinajstić information content (AvgIpc) is 3.51. The quantitative estimate of drug-likeness (QED) is 0.531. The Kier molecular flexibility index (Phi) is 5.91. The fraction of sp³-hybridized carbons (Fsp3) is 0.440. The van der Waals surface area contributed by atoms with Gasteiger partial charge >= 0.3 is 0 Å². The lowest BCUT2D eigenvalue weighted by Crippen LogP contribution is -2.57. The van der Waals surface area contributed by atoms with Crippen LogP contribution in [0.3, 0.4) is 0 Å². The minimum atomic E-state index is -0.845. The van der Waals surface area contributed by atoms with E-state index in [9.17, 15) is 9.59 Å². The van der Waals surface area contributed by atoms with Gasteiger partial charge in [-0.3, -0.25) is 9.59 Å². The number of hydrogen-bond acceptors (Lipinski definition) is 3. The molecule has 5 nitrogen and oxygen atoms in total. The first-order valence-corrected chi connectivity index (χ1v) is 12.1. The smallest absolute Gasteiger partial charge is 0.237 e. The van der Waals surface area contributed by atoms with Gasteiger partial charge < -0.3 is 16.0 Å². The Morgan fingerprint density at radius 2 is 1.88 bits per heavy atom. The molecule has 2 unspecified atom stereocenters. The van der Waals surface area contributed by atoms with Crippen LogP contribution in [-0.4, -0.2) is 30.4 Å². The van der Waals surface area contributed by atoms with Crippen LogP contribution in [0.1, 0.15) is 43.2 Å². The highest BCUT2D eigenvalue weighted by Gasteiger charge is 2.56. The number of fused-ring (bicyclic) bond motifs is 1. The van der Waals surface area contributed by atoms with Crippen molar-refractivity contribution in [3.05, 3.63) is 63.6 Å². The maximum atomic E-state index is 13.7. The van der Waals surface area contributed by atoms with Crippen molar-refractivity contribution in [2.75, 3.05) is 11.9 Å². The van der Waals surface area contributed by atoms with E-state index in [0.29, 0.717) is 28.4 Å². The highest BCUT2D eigenvalue weighted by atomic mass is 35.5. The van der Waals surface area contributed by atoms with Crippen molar-refractivity contribution < 1.29 is 9.59 Å². The summed E-state index contributed by atoms with van der Waals surface area (Å²) in [5.41, 5.74) is 1.82. The summed E-state index contributed by atoms with van der Waals surface area (Å²) < 4.78 is 0. The Balaban J connectivity index is 1.49. The van der Waals surface area contributed by atoms with Gasteiger partial charge in [-0.1, -0.05) is 41.4 Å². The van der Waals surface area contributed by atoms with E-state index in [0.717, 1.165) is 42.5 Å². The standard InChI is InChI=1S/C25H27Cl2N3O2/c26-17-4-1-3-15(11-17)13-25(20-10-9-18(27)12-21(20)30-24(25)32)23(16-7-8-16)28-14-22(31)29-19-5-2-6-19/h1,3-4,9-12,16,19,23,28H,2,5-8,13-14H2,(H,29,31)(H,30,32). The first kappa shape index (κ1) is 21.7. The number of carbonyl (C=O) groups excluding carboxylic acids is 2. The molecule has 2 aromatic carbocycles. The molecule has 0 saturated heterocycles. The molecule has 0 spiro atoms. The predicted octanol–water partition coefficient (Wildman–Crippen LogP) is 4.46. The molecule has 168 valence electrons. The summed E-state index contributed by atoms with van der Waals surface area (Å²) in [4.78, 5) is 26.3. The van der Waals surface area contributed by atoms with E-state index in [4.69, 9.17) is 23.2 Å². The molecule has 2 aliphatic carbocycles. The third-order valence-corrected chi connectivity index (χ3v) is 7.53. The summed E-state index contributed by atoms with van der Waals surface area (Å²) in [5, 5.41) is 10.9. The van der Waals surface area contributed by atoms with Crippen LogP contribution in [-0.2, 0) is 21.4 Å². The topological polar surface area (TPSA) is 70.2 Å². The fourth-order valence-electron chi connectivity index (χ4n) is 5.13. The van der Waals surface area contributed by atoms with Crippen molar-refractivity contribution in [2.45, 2.75) is 56.0 Å². The molecule has 32 heavy (non-hydrogen) atoms. The summed E-state index contributed by atoms with van der Waals surface area (Å²) >= 11 is 12.5. The number of carbonyl (C=O) groups is 2. The lowest BCUT2D eigenvalue weighted by Gasteiger charge is -2.37. The van der Waals surface area contributed by atoms with E-state index in [2.05, 4.69) is 16.0 Å². The number of amides is 2. The first-order valence-electron chi connectivity index (χ1n) is 11.3. The van der Waals surface area contributed by atoms with Gasteiger partial charge in [0, 0.05) is 27.8 Å². The second-order valence-electron chi connectivity index (χ2n) is 9.31. The van der Waals surface area contributed by atoms with Crippen LogP contribution in [0.25, 0.3) is 0 Å². The number of halogens is 2. The normalized spacial score (nSPS) is 23.2. The molecule has 3 aliphatic rings. The lowest BCUT2D eigenvalue weighted by atomic mass is 9.69. The molecule has 2 saturated carbocycles. The number of rotatable bonds is 8. The SMILES string of the molecule is O=C(CNC(C1CC1)C1(Cc2cccc(Cl)c2)C(=O)Nc2cc(Cl)ccc21)NC1CCC1. The summed E-state index contributed by atoms with van der Waals surface area (Å²) in [6.07, 6.45) is 5.84. The van der Waals surface area contributed by atoms with Crippen LogP contribution >= 0.6 is 23.2 Å². The van der Waals surface area contributed by atoms with Crippen LogP contribution in [0.15, 0.2) is 42.5 Å². The number of benzene rings is 2. The van der Waals surface area contributed by atoms with E-state index in [1.807, 2.05) is 42.5 Å². The summed E-state index contributed by atoms with van der Waals surface area (Å²) in [5.74, 6) is 0.268. The zero-order chi connectivity index (χ0) is 22.3. The molecule has 2 amide bonds. The summed E-state index contributed by atoms with van der Waals surface area (Å²) in [6, 6.07) is 13.4. The molecule has 2 atom stereocenters. The molecule has 3 N–H and O–H groups in total. The van der Waals surface area contributed by atoms with E-state index in [-0.39, 0.29) is 24.4 Å². The third-order valence-electron chi connectivity index (χ3n) is 7.06. The zero-order valence-electron chi connectivity index (χ0n) is 17.8. The minimum Gasteiger partial charge on any atom is -0.352 e. The Labute approximate surface area is 198 Å². The van der Waals surface area contributed by atoms with Crippen molar-refractivity contribution in [2.24, 2.45) is 5.92 Å². The van der Waals surface area contributed by atoms with Crippen molar-refractivity contribution in [1.29, 1.82) is 0 Å². The van der Waals surface area contributed by atoms with E-state index in [1.165, 1.54) is 6.42 Å². The Hall–Kier alpha value is -2.08. The Bertz CT molecular complexity index is 1050. The van der Waals surface area contributed by atoms with Crippen LogP contribution < -0.4 is 16.0 Å². The Morgan fingerprint density at radius 1 is 1.09 bits per heavy atom. The molecule has 0 radical (unpaired) electrons. The number of anilines is 1. The predicted molar refractivity (Wildman–Crippen MR) is 127 cm³/mol. The molecule has 5 rings (SSSR count). The van der Waals surface area contributed by atoms with Gasteiger partial charge in [0.05, 0.1) is 12.0 Å². The monoisotopic (exact) mass is 471 g/mol. The second-order valence-corrected chi connectivity index (χ2v) is 10.2. The molecule has 2 aromatic rings. The summed E-state index contributed by atoms with van der Waals surface area (Å²) in [7, 11) is 0. The van der Waals surface area contributed by atoms with Crippen LogP contribution in [0.4, 0.5) is 5.69 Å². The summed E-state index contributed by atoms with van der Waals surface area (Å²) in [6.45, 7) is 0.200. The zero-order valence-corrected chi connectivity index (χ0v) is 19.3. The van der Waals surface area contributed by atoms with Crippen LogP contribution in [0.5, 0.6) is 0 Å². The van der Waals surface area contributed by atoms with Gasteiger partial charge in [0.25, 0.3) is 0 Å². The third kappa shape index (κ3) is 4.14. The largest absolute Gasteiger partial charge is 0.352 e. The molecular formula is C25H27Cl2N3O2. The molecular weight excluding hydrogens is 445 g/mol. The van der Waals surface area contributed by atoms with Crippen LogP contribution in [0.2, 0.25) is 10.0 Å². The van der Waals surface area contributed by atoms with Gasteiger partial charge in [0.2, 0.25) is 11.8 Å². The van der Waals surface area contributed by atoms with Crippen molar-refractivity contribution in [1.82, 2.24) is 10.6 Å². The second kappa shape index (κ2) is 8.69. The van der Waals surface area contributed by atoms with Gasteiger partial charge in [0.15, 0.2) is 0 Å². The van der Waals surface area contributed by atoms with Gasteiger partial charge in [-0.2, -0.15) is 0 Å². The minimum absolute atomic E-state index is 0.00649. The molecule has 1 aliphatic heterocycles. The van der Waals surface area contributed by atoms with Crippen molar-refractivity contribution >= 4 is 40.7 Å². The highest BCUT2D eigenvalue weighted by Crippen LogP contribution is 2.50. The van der Waals surface area contributed by atoms with Gasteiger partial charge in [-0.05, 0) is 79.8 Å². The first-order chi connectivity index (χ1) is 15.5. The molecule has 7 heteroatoms. The van der Waals surface area contributed by atoms with E-state index >= 15 is 0 Å². The molecule has 2 fully saturated rings. The van der Waals surface area contributed by atoms with Crippen LogP contribution in [0, 0.1) is 5.92 Å². The van der Waals surface area contributed by atoms with Gasteiger partial charge in [-0.25, -0.2) is 0 Å². The van der Waals surface area contributed by atoms with Crippen molar-refractivity contribution in [3.8, 4) is 0 Å². The fourth-order valence-corrected chi connectivity index (χ4v) is 5.52. The highest BCUT2D eigenvalue weighted by molar-refractivity contribution is 6.31. The maximum absolute atomic E-state index is 13.7. The van der Waals surface area contributed by atoms with Crippen molar-refractivity contribution in [3.63, 3.8) is 0 Å². The number of nitrogens with one attached hydrogen (secondary N) is 3. The Morgan fingerprint density at radius 3 is 2.56 bits per heavy atom. The van der Waals surface area contributed by atoms with E-state index in [1.54, 1.807) is 0 Å². The molecule has 1 heterocycles. The molecule has 0 bridgehead atoms. The molecule has 0 aromatic heterocycles. The average molecular weight is 472 g/mol. The number of hydrogen-bond donors (Lipinski definition) is 3. The van der Waals surface area contributed by atoms with Gasteiger partial charge in [-0.15, -0.1) is 0 Å².